The summed E-state index contributed by atoms with van der Waals surface area (Å²) in [6.07, 6.45) is 0. The predicted octanol–water partition coefficient (Wildman–Crippen LogP) is 9.01. The highest BCUT2D eigenvalue weighted by Crippen LogP contribution is 2.38. The lowest BCUT2D eigenvalue weighted by atomic mass is 10.1. The molecule has 43 heavy (non-hydrogen) atoms. The first-order valence-electron chi connectivity index (χ1n) is 14.3. The van der Waals surface area contributed by atoms with Crippen LogP contribution in [0.4, 0.5) is 0 Å². The Morgan fingerprint density at radius 3 is 1.40 bits per heavy atom. The number of benzene rings is 5. The normalized spacial score (nSPS) is 11.3. The van der Waals surface area contributed by atoms with E-state index in [9.17, 15) is 0 Å². The summed E-state index contributed by atoms with van der Waals surface area (Å²) >= 11 is 0. The van der Waals surface area contributed by atoms with Crippen LogP contribution in [0, 0.1) is 0 Å². The third-order valence-corrected chi connectivity index (χ3v) is 7.63. The summed E-state index contributed by atoms with van der Waals surface area (Å²) in [5.74, 6) is 2.07. The Labute approximate surface area is 248 Å². The molecule has 0 fully saturated rings. The molecular weight excluding hydrogens is 526 g/mol. The minimum atomic E-state index is 0.615. The van der Waals surface area contributed by atoms with Crippen LogP contribution in [-0.4, -0.2) is 24.3 Å². The quantitative estimate of drug-likeness (QED) is 0.214. The monoisotopic (exact) mass is 551 g/mol. The second kappa shape index (κ2) is 10.5. The molecule has 0 saturated heterocycles. The van der Waals surface area contributed by atoms with Gasteiger partial charge in [-0.1, -0.05) is 146 Å². The molecule has 0 aliphatic carbocycles. The standard InChI is InChI=1S/C38H25N5/c1-5-15-26(16-6-1)32-25-33(27-17-7-2-8-18-27)40-36(39-32)34-30-23-13-14-24-31(30)38-42-35(28-19-9-3-10-20-28)41-37(43(34)38)29-21-11-4-12-22-29/h1-25H. The van der Waals surface area contributed by atoms with E-state index in [1.165, 1.54) is 0 Å². The first kappa shape index (κ1) is 24.8. The molecule has 0 N–H and O–H groups in total. The van der Waals surface area contributed by atoms with Crippen molar-refractivity contribution in [3.8, 4) is 56.8 Å². The number of fused-ring (bicyclic) bond motifs is 3. The smallest absolute Gasteiger partial charge is 0.178 e. The van der Waals surface area contributed by atoms with Crippen molar-refractivity contribution in [2.24, 2.45) is 0 Å². The van der Waals surface area contributed by atoms with E-state index in [4.69, 9.17) is 19.9 Å². The first-order valence-corrected chi connectivity index (χ1v) is 14.3. The SMILES string of the molecule is c1ccc(-c2cc(-c3ccccc3)nc(-c3c4ccccc4c4nc(-c5ccccc5)nc(-c5ccccc5)n34)n2)cc1. The number of hydrogen-bond donors (Lipinski definition) is 0. The summed E-state index contributed by atoms with van der Waals surface area (Å²) in [5, 5.41) is 2.03. The molecule has 5 aromatic carbocycles. The highest BCUT2D eigenvalue weighted by Gasteiger charge is 2.23. The molecule has 0 amide bonds. The van der Waals surface area contributed by atoms with Crippen LogP contribution in [0.25, 0.3) is 73.2 Å². The molecule has 3 aromatic heterocycles. The number of hydrogen-bond acceptors (Lipinski definition) is 4. The summed E-state index contributed by atoms with van der Waals surface area (Å²) in [7, 11) is 0. The van der Waals surface area contributed by atoms with Crippen LogP contribution in [0.5, 0.6) is 0 Å². The second-order valence-electron chi connectivity index (χ2n) is 10.4. The fourth-order valence-corrected chi connectivity index (χ4v) is 5.61. The van der Waals surface area contributed by atoms with Gasteiger partial charge in [0.25, 0.3) is 0 Å². The highest BCUT2D eigenvalue weighted by molar-refractivity contribution is 6.05. The average molecular weight is 552 g/mol. The molecule has 5 nitrogen and oxygen atoms in total. The van der Waals surface area contributed by atoms with Gasteiger partial charge in [0.1, 0.15) is 17.2 Å². The van der Waals surface area contributed by atoms with Gasteiger partial charge in [0.05, 0.1) is 11.4 Å². The molecule has 8 rings (SSSR count). The predicted molar refractivity (Wildman–Crippen MR) is 173 cm³/mol. The van der Waals surface area contributed by atoms with E-state index in [2.05, 4.69) is 71.1 Å². The summed E-state index contributed by atoms with van der Waals surface area (Å²) in [6.45, 7) is 0. The van der Waals surface area contributed by atoms with E-state index in [-0.39, 0.29) is 0 Å². The zero-order chi connectivity index (χ0) is 28.6. The van der Waals surface area contributed by atoms with Crippen molar-refractivity contribution in [3.05, 3.63) is 152 Å². The Balaban J connectivity index is 1.50. The lowest BCUT2D eigenvalue weighted by Gasteiger charge is -2.13. The Morgan fingerprint density at radius 2 is 0.837 bits per heavy atom. The maximum Gasteiger partial charge on any atom is 0.178 e. The van der Waals surface area contributed by atoms with E-state index in [0.717, 1.165) is 61.6 Å². The van der Waals surface area contributed by atoms with Crippen LogP contribution in [0.3, 0.4) is 0 Å². The molecule has 0 atom stereocenters. The van der Waals surface area contributed by atoms with Gasteiger partial charge in [-0.15, -0.1) is 0 Å². The second-order valence-corrected chi connectivity index (χ2v) is 10.4. The molecule has 3 heterocycles. The van der Waals surface area contributed by atoms with E-state index in [1.807, 2.05) is 84.9 Å². The Bertz CT molecular complexity index is 2150. The van der Waals surface area contributed by atoms with Gasteiger partial charge in [0.15, 0.2) is 11.6 Å². The van der Waals surface area contributed by atoms with Crippen molar-refractivity contribution in [3.63, 3.8) is 0 Å². The molecule has 5 heteroatoms. The topological polar surface area (TPSA) is 56.0 Å². The molecule has 0 aliphatic heterocycles. The maximum absolute atomic E-state index is 5.20. The van der Waals surface area contributed by atoms with Gasteiger partial charge in [-0.3, -0.25) is 4.40 Å². The molecule has 0 unspecified atom stereocenters. The van der Waals surface area contributed by atoms with Crippen LogP contribution in [0.2, 0.25) is 0 Å². The van der Waals surface area contributed by atoms with Gasteiger partial charge in [-0.2, -0.15) is 0 Å². The van der Waals surface area contributed by atoms with E-state index in [1.54, 1.807) is 0 Å². The molecule has 0 bridgehead atoms. The van der Waals surface area contributed by atoms with Gasteiger partial charge < -0.3 is 0 Å². The van der Waals surface area contributed by atoms with E-state index in [0.29, 0.717) is 11.6 Å². The van der Waals surface area contributed by atoms with Crippen molar-refractivity contribution in [2.45, 2.75) is 0 Å². The third kappa shape index (κ3) is 4.44. The zero-order valence-electron chi connectivity index (χ0n) is 23.2. The molecule has 0 radical (unpaired) electrons. The highest BCUT2D eigenvalue weighted by atomic mass is 15.1. The Hall–Kier alpha value is -5.94. The lowest BCUT2D eigenvalue weighted by molar-refractivity contribution is 1.03. The van der Waals surface area contributed by atoms with Crippen LogP contribution in [0.1, 0.15) is 0 Å². The third-order valence-electron chi connectivity index (χ3n) is 7.63. The summed E-state index contributed by atoms with van der Waals surface area (Å²) in [4.78, 5) is 20.7. The lowest BCUT2D eigenvalue weighted by Crippen LogP contribution is -2.05. The summed E-state index contributed by atoms with van der Waals surface area (Å²) in [6, 6.07) is 51.3. The van der Waals surface area contributed by atoms with E-state index >= 15 is 0 Å². The Kier molecular flexibility index (Phi) is 6.05. The fourth-order valence-electron chi connectivity index (χ4n) is 5.61. The van der Waals surface area contributed by atoms with Crippen LogP contribution >= 0.6 is 0 Å². The van der Waals surface area contributed by atoms with Gasteiger partial charge >= 0.3 is 0 Å². The molecule has 0 saturated carbocycles. The van der Waals surface area contributed by atoms with Crippen LogP contribution < -0.4 is 0 Å². The van der Waals surface area contributed by atoms with Gasteiger partial charge in [0, 0.05) is 33.0 Å². The number of aromatic nitrogens is 5. The molecular formula is C38H25N5. The maximum atomic E-state index is 5.20. The minimum Gasteiger partial charge on any atom is -0.273 e. The van der Waals surface area contributed by atoms with Crippen molar-refractivity contribution >= 4 is 16.4 Å². The van der Waals surface area contributed by atoms with Crippen molar-refractivity contribution in [1.29, 1.82) is 0 Å². The number of rotatable bonds is 5. The van der Waals surface area contributed by atoms with Crippen molar-refractivity contribution < 1.29 is 0 Å². The summed E-state index contributed by atoms with van der Waals surface area (Å²) in [5.41, 5.74) is 7.38. The zero-order valence-corrected chi connectivity index (χ0v) is 23.2. The van der Waals surface area contributed by atoms with E-state index < -0.39 is 0 Å². The largest absolute Gasteiger partial charge is 0.273 e. The van der Waals surface area contributed by atoms with Gasteiger partial charge in [-0.05, 0) is 6.07 Å². The van der Waals surface area contributed by atoms with Crippen molar-refractivity contribution in [2.75, 3.05) is 0 Å². The average Bonchev–Trinajstić information content (AvgIpc) is 3.44. The first-order chi connectivity index (χ1) is 21.3. The van der Waals surface area contributed by atoms with Gasteiger partial charge in [-0.25, -0.2) is 19.9 Å². The molecule has 202 valence electrons. The minimum absolute atomic E-state index is 0.615. The molecule has 8 aromatic rings. The van der Waals surface area contributed by atoms with Crippen molar-refractivity contribution in [1.82, 2.24) is 24.3 Å². The number of nitrogens with zero attached hydrogens (tertiary/aromatic N) is 5. The van der Waals surface area contributed by atoms with Crippen LogP contribution in [0.15, 0.2) is 152 Å². The van der Waals surface area contributed by atoms with Gasteiger partial charge in [0.2, 0.25) is 0 Å². The molecule has 0 aliphatic rings. The Morgan fingerprint density at radius 1 is 0.372 bits per heavy atom. The summed E-state index contributed by atoms with van der Waals surface area (Å²) < 4.78 is 2.13. The fraction of sp³-hybridized carbons (Fsp3) is 0. The van der Waals surface area contributed by atoms with Crippen LogP contribution in [-0.2, 0) is 0 Å². The molecule has 0 spiro atoms.